The fourth-order valence-corrected chi connectivity index (χ4v) is 3.31. The zero-order chi connectivity index (χ0) is 18.3. The molecule has 2 saturated heterocycles. The van der Waals surface area contributed by atoms with Crippen molar-refractivity contribution in [3.8, 4) is 11.4 Å². The summed E-state index contributed by atoms with van der Waals surface area (Å²) >= 11 is 0. The van der Waals surface area contributed by atoms with E-state index in [1.165, 1.54) is 21.8 Å². The SMILES string of the molecule is CN1CC2(CCN(C(=O)Cn3nnc(-c4ccc(F)cc4)n3)C2)OC1=O. The maximum Gasteiger partial charge on any atom is 0.410 e. The van der Waals surface area contributed by atoms with Crippen LogP contribution in [0.15, 0.2) is 24.3 Å². The molecule has 0 aliphatic carbocycles. The lowest BCUT2D eigenvalue weighted by Crippen LogP contribution is -2.40. The van der Waals surface area contributed by atoms with Crippen LogP contribution < -0.4 is 0 Å². The highest BCUT2D eigenvalue weighted by Gasteiger charge is 2.49. The summed E-state index contributed by atoms with van der Waals surface area (Å²) in [6, 6.07) is 5.72. The van der Waals surface area contributed by atoms with E-state index in [-0.39, 0.29) is 24.4 Å². The summed E-state index contributed by atoms with van der Waals surface area (Å²) in [4.78, 5) is 28.5. The van der Waals surface area contributed by atoms with Crippen LogP contribution in [0.4, 0.5) is 9.18 Å². The van der Waals surface area contributed by atoms with Crippen LogP contribution in [-0.4, -0.2) is 74.3 Å². The largest absolute Gasteiger partial charge is 0.439 e. The first-order valence-electron chi connectivity index (χ1n) is 8.20. The number of likely N-dealkylation sites (tertiary alicyclic amines) is 1. The maximum absolute atomic E-state index is 13.0. The van der Waals surface area contributed by atoms with E-state index in [0.29, 0.717) is 37.4 Å². The first-order valence-corrected chi connectivity index (χ1v) is 8.20. The molecule has 0 radical (unpaired) electrons. The normalized spacial score (nSPS) is 22.3. The van der Waals surface area contributed by atoms with E-state index in [0.717, 1.165) is 0 Å². The highest BCUT2D eigenvalue weighted by molar-refractivity contribution is 5.77. The Hall–Kier alpha value is -3.04. The standard InChI is InChI=1S/C16H17FN6O3/c1-21-9-16(26-15(21)25)6-7-22(10-16)13(24)8-23-19-14(18-20-23)11-2-4-12(17)5-3-11/h2-5H,6-10H2,1H3. The van der Waals surface area contributed by atoms with Gasteiger partial charge in [-0.05, 0) is 29.5 Å². The van der Waals surface area contributed by atoms with Gasteiger partial charge in [0.25, 0.3) is 0 Å². The van der Waals surface area contributed by atoms with E-state index in [2.05, 4.69) is 15.4 Å². The van der Waals surface area contributed by atoms with Gasteiger partial charge in [-0.1, -0.05) is 0 Å². The van der Waals surface area contributed by atoms with Gasteiger partial charge >= 0.3 is 6.09 Å². The van der Waals surface area contributed by atoms with Crippen LogP contribution >= 0.6 is 0 Å². The summed E-state index contributed by atoms with van der Waals surface area (Å²) in [7, 11) is 1.68. The van der Waals surface area contributed by atoms with Crippen molar-refractivity contribution in [1.29, 1.82) is 0 Å². The molecule has 26 heavy (non-hydrogen) atoms. The molecular weight excluding hydrogens is 343 g/mol. The van der Waals surface area contributed by atoms with Crippen LogP contribution in [-0.2, 0) is 16.1 Å². The Morgan fingerprint density at radius 3 is 2.77 bits per heavy atom. The van der Waals surface area contributed by atoms with Crippen molar-refractivity contribution >= 4 is 12.0 Å². The smallest absolute Gasteiger partial charge is 0.410 e. The fourth-order valence-electron chi connectivity index (χ4n) is 3.31. The Labute approximate surface area is 148 Å². The van der Waals surface area contributed by atoms with E-state index in [4.69, 9.17) is 4.74 Å². The lowest BCUT2D eigenvalue weighted by atomic mass is 10.0. The number of nitrogens with zero attached hydrogens (tertiary/aromatic N) is 6. The number of ether oxygens (including phenoxy) is 1. The van der Waals surface area contributed by atoms with Crippen LogP contribution in [0, 0.1) is 5.82 Å². The monoisotopic (exact) mass is 360 g/mol. The van der Waals surface area contributed by atoms with Crippen molar-refractivity contribution in [1.82, 2.24) is 30.0 Å². The van der Waals surface area contributed by atoms with Gasteiger partial charge in [-0.2, -0.15) is 4.80 Å². The van der Waals surface area contributed by atoms with Crippen molar-refractivity contribution < 1.29 is 18.7 Å². The zero-order valence-electron chi connectivity index (χ0n) is 14.1. The quantitative estimate of drug-likeness (QED) is 0.793. The van der Waals surface area contributed by atoms with Gasteiger partial charge in [0.15, 0.2) is 5.60 Å². The number of tetrazole rings is 1. The molecule has 2 aliphatic rings. The molecule has 2 amide bonds. The number of rotatable bonds is 3. The van der Waals surface area contributed by atoms with Gasteiger partial charge in [-0.3, -0.25) is 4.79 Å². The molecule has 4 rings (SSSR count). The average Bonchev–Trinajstić information content (AvgIpc) is 3.29. The molecule has 1 aromatic heterocycles. The number of hydrogen-bond donors (Lipinski definition) is 0. The second-order valence-corrected chi connectivity index (χ2v) is 6.62. The van der Waals surface area contributed by atoms with Crippen molar-refractivity contribution in [2.24, 2.45) is 0 Å². The van der Waals surface area contributed by atoms with Crippen LogP contribution in [0.25, 0.3) is 11.4 Å². The van der Waals surface area contributed by atoms with Gasteiger partial charge in [0.1, 0.15) is 12.4 Å². The number of amides is 2. The Balaban J connectivity index is 1.40. The van der Waals surface area contributed by atoms with E-state index in [9.17, 15) is 14.0 Å². The molecule has 1 atom stereocenters. The van der Waals surface area contributed by atoms with Gasteiger partial charge in [0.2, 0.25) is 11.7 Å². The van der Waals surface area contributed by atoms with E-state index in [1.807, 2.05) is 0 Å². The molecule has 1 aromatic carbocycles. The highest BCUT2D eigenvalue weighted by atomic mass is 19.1. The summed E-state index contributed by atoms with van der Waals surface area (Å²) < 4.78 is 18.4. The number of benzene rings is 1. The van der Waals surface area contributed by atoms with Crippen LogP contribution in [0.3, 0.4) is 0 Å². The van der Waals surface area contributed by atoms with Gasteiger partial charge in [-0.25, -0.2) is 9.18 Å². The highest BCUT2D eigenvalue weighted by Crippen LogP contribution is 2.31. The third kappa shape index (κ3) is 2.98. The first kappa shape index (κ1) is 16.4. The first-order chi connectivity index (χ1) is 12.4. The summed E-state index contributed by atoms with van der Waals surface area (Å²) in [5, 5.41) is 11.9. The molecule has 0 saturated carbocycles. The third-order valence-electron chi connectivity index (χ3n) is 4.64. The molecule has 2 fully saturated rings. The lowest BCUT2D eigenvalue weighted by Gasteiger charge is -2.21. The molecular formula is C16H17FN6O3. The molecule has 3 heterocycles. The Bertz CT molecular complexity index is 854. The Kier molecular flexibility index (Phi) is 3.82. The zero-order valence-corrected chi connectivity index (χ0v) is 14.1. The minimum absolute atomic E-state index is 0.0614. The topological polar surface area (TPSA) is 93.5 Å². The number of likely N-dealkylation sites (N-methyl/N-ethyl adjacent to an activating group) is 1. The molecule has 2 aromatic rings. The molecule has 2 aliphatic heterocycles. The summed E-state index contributed by atoms with van der Waals surface area (Å²) in [6.45, 7) is 1.29. The molecule has 9 nitrogen and oxygen atoms in total. The second-order valence-electron chi connectivity index (χ2n) is 6.62. The Morgan fingerprint density at radius 2 is 2.08 bits per heavy atom. The van der Waals surface area contributed by atoms with Crippen LogP contribution in [0.5, 0.6) is 0 Å². The lowest BCUT2D eigenvalue weighted by molar-refractivity contribution is -0.132. The van der Waals surface area contributed by atoms with Crippen molar-refractivity contribution in [3.63, 3.8) is 0 Å². The van der Waals surface area contributed by atoms with Crippen molar-refractivity contribution in [2.75, 3.05) is 26.7 Å². The molecule has 136 valence electrons. The fraction of sp³-hybridized carbons (Fsp3) is 0.438. The maximum atomic E-state index is 13.0. The third-order valence-corrected chi connectivity index (χ3v) is 4.64. The summed E-state index contributed by atoms with van der Waals surface area (Å²) in [6.07, 6.45) is 0.252. The minimum atomic E-state index is -0.615. The molecule has 10 heteroatoms. The van der Waals surface area contributed by atoms with E-state index < -0.39 is 5.60 Å². The minimum Gasteiger partial charge on any atom is -0.439 e. The van der Waals surface area contributed by atoms with Gasteiger partial charge in [-0.15, -0.1) is 10.2 Å². The predicted molar refractivity (Wildman–Crippen MR) is 86.3 cm³/mol. The van der Waals surface area contributed by atoms with Crippen LogP contribution in [0.1, 0.15) is 6.42 Å². The predicted octanol–water partition coefficient (Wildman–Crippen LogP) is 0.532. The van der Waals surface area contributed by atoms with Crippen LogP contribution in [0.2, 0.25) is 0 Å². The summed E-state index contributed by atoms with van der Waals surface area (Å²) in [5.41, 5.74) is 0.00226. The molecule has 1 spiro atoms. The second kappa shape index (κ2) is 6.04. The number of halogens is 1. The number of hydrogen-bond acceptors (Lipinski definition) is 6. The number of carbonyl (C=O) groups is 2. The van der Waals surface area contributed by atoms with Gasteiger partial charge in [0, 0.05) is 25.6 Å². The van der Waals surface area contributed by atoms with Crippen molar-refractivity contribution in [2.45, 2.75) is 18.6 Å². The Morgan fingerprint density at radius 1 is 1.31 bits per heavy atom. The number of aromatic nitrogens is 4. The molecule has 1 unspecified atom stereocenters. The average molecular weight is 360 g/mol. The summed E-state index contributed by atoms with van der Waals surface area (Å²) in [5.74, 6) is -0.199. The van der Waals surface area contributed by atoms with Gasteiger partial charge < -0.3 is 14.5 Å². The van der Waals surface area contributed by atoms with E-state index in [1.54, 1.807) is 24.1 Å². The molecule has 0 bridgehead atoms. The number of carbonyl (C=O) groups excluding carboxylic acids is 2. The molecule has 0 N–H and O–H groups in total. The van der Waals surface area contributed by atoms with E-state index >= 15 is 0 Å². The van der Waals surface area contributed by atoms with Crippen molar-refractivity contribution in [3.05, 3.63) is 30.1 Å². The van der Waals surface area contributed by atoms with Gasteiger partial charge in [0.05, 0.1) is 13.1 Å².